The molecule has 7 atom stereocenters. The first-order chi connectivity index (χ1) is 24.3. The zero-order valence-electron chi connectivity index (χ0n) is 38.4. The third-order valence-corrected chi connectivity index (χ3v) is 26.0. The van der Waals surface area contributed by atoms with Gasteiger partial charge in [0.15, 0.2) is 25.0 Å². The lowest BCUT2D eigenvalue weighted by molar-refractivity contribution is -0.148. The van der Waals surface area contributed by atoms with E-state index in [-0.39, 0.29) is 69.4 Å². The molecule has 0 aliphatic carbocycles. The van der Waals surface area contributed by atoms with Crippen molar-refractivity contribution in [3.63, 3.8) is 0 Å². The largest absolute Gasteiger partial charge is 0.466 e. The molecule has 11 heteroatoms. The first-order valence-electron chi connectivity index (χ1n) is 20.2. The number of methoxy groups -OCH3 is 1. The predicted molar refractivity (Wildman–Crippen MR) is 232 cm³/mol. The first-order valence-corrected chi connectivity index (χ1v) is 28.9. The first kappa shape index (κ1) is 50.7. The van der Waals surface area contributed by atoms with Gasteiger partial charge in [0, 0.05) is 31.4 Å². The summed E-state index contributed by atoms with van der Waals surface area (Å²) < 4.78 is 38.1. The minimum atomic E-state index is -2.19. The number of ether oxygens (including phenoxy) is 3. The van der Waals surface area contributed by atoms with Crippen molar-refractivity contribution in [2.24, 2.45) is 11.8 Å². The fourth-order valence-corrected chi connectivity index (χ4v) is 9.37. The molecular formula is C43H82O8Si3. The van der Waals surface area contributed by atoms with Gasteiger partial charge in [0.1, 0.15) is 18.3 Å². The average Bonchev–Trinajstić information content (AvgIpc) is 3.78. The van der Waals surface area contributed by atoms with Gasteiger partial charge < -0.3 is 27.5 Å². The highest BCUT2D eigenvalue weighted by atomic mass is 28.4. The fourth-order valence-electron chi connectivity index (χ4n) is 5.59. The maximum absolute atomic E-state index is 12.2. The summed E-state index contributed by atoms with van der Waals surface area (Å²) in [5.74, 6) is -0.429. The smallest absolute Gasteiger partial charge is 0.333 e. The van der Waals surface area contributed by atoms with Crippen LogP contribution in [0.1, 0.15) is 116 Å². The van der Waals surface area contributed by atoms with Crippen LogP contribution in [-0.4, -0.2) is 81.1 Å². The Hall–Kier alpha value is -1.35. The number of allylic oxidation sites excluding steroid dienone is 2. The molecule has 0 unspecified atom stereocenters. The van der Waals surface area contributed by atoms with Crippen molar-refractivity contribution in [1.29, 1.82) is 0 Å². The van der Waals surface area contributed by atoms with Crippen LogP contribution in [0, 0.1) is 11.8 Å². The maximum Gasteiger partial charge on any atom is 0.333 e. The number of esters is 2. The Bertz CT molecular complexity index is 1310. The number of rotatable bonds is 20. The standard InChI is InChI=1S/C43H82O8Si3/c1-30(29-33(4)40(45)46-15)28-32(3)37(51-54(20,21)43(12,13)14)39-38(49-39)36(50-53(18,19)42(9,10)11)25-23-22-24-35(48-34(5)44)31(2)26-27-47-52(16,17)41(6,7)8/h22-23,28-29,31-32,35-39H,24-27H2,1-21H3/b23-22+,30-28+,33-29+/t31-,32+,35-,36+,37-,38-,39-/m0/s1. The maximum atomic E-state index is 12.2. The lowest BCUT2D eigenvalue weighted by atomic mass is 9.95. The van der Waals surface area contributed by atoms with Crippen LogP contribution < -0.4 is 0 Å². The summed E-state index contributed by atoms with van der Waals surface area (Å²) in [7, 11) is -4.82. The minimum Gasteiger partial charge on any atom is -0.466 e. The van der Waals surface area contributed by atoms with Gasteiger partial charge in [-0.3, -0.25) is 4.79 Å². The summed E-state index contributed by atoms with van der Waals surface area (Å²) in [6.45, 7) is 44.3. The van der Waals surface area contributed by atoms with E-state index in [1.807, 2.05) is 13.0 Å². The second-order valence-corrected chi connectivity index (χ2v) is 34.7. The van der Waals surface area contributed by atoms with Gasteiger partial charge in [-0.1, -0.05) is 100.0 Å². The summed E-state index contributed by atoms with van der Waals surface area (Å²) in [5, 5.41) is 0.186. The van der Waals surface area contributed by atoms with Gasteiger partial charge in [-0.15, -0.1) is 0 Å². The Balaban J connectivity index is 3.38. The molecule has 0 aromatic heterocycles. The van der Waals surface area contributed by atoms with E-state index in [1.54, 1.807) is 6.92 Å². The van der Waals surface area contributed by atoms with Gasteiger partial charge in [0.2, 0.25) is 0 Å². The van der Waals surface area contributed by atoms with E-state index in [1.165, 1.54) is 14.0 Å². The molecule has 0 spiro atoms. The molecule has 8 nitrogen and oxygen atoms in total. The van der Waals surface area contributed by atoms with Crippen molar-refractivity contribution < 1.29 is 37.1 Å². The number of hydrogen-bond acceptors (Lipinski definition) is 8. The normalized spacial score (nSPS) is 21.1. The number of hydrogen-bond donors (Lipinski definition) is 0. The molecule has 1 aliphatic heterocycles. The van der Waals surface area contributed by atoms with E-state index in [9.17, 15) is 9.59 Å². The molecule has 1 heterocycles. The van der Waals surface area contributed by atoms with E-state index in [0.29, 0.717) is 25.0 Å². The van der Waals surface area contributed by atoms with Gasteiger partial charge in [0.25, 0.3) is 0 Å². The fraction of sp³-hybridized carbons (Fsp3) is 0.814. The van der Waals surface area contributed by atoms with E-state index < -0.39 is 25.0 Å². The van der Waals surface area contributed by atoms with Crippen molar-refractivity contribution in [3.05, 3.63) is 35.5 Å². The highest BCUT2D eigenvalue weighted by Crippen LogP contribution is 2.45. The van der Waals surface area contributed by atoms with E-state index >= 15 is 0 Å². The van der Waals surface area contributed by atoms with Crippen molar-refractivity contribution in [2.45, 2.75) is 201 Å². The van der Waals surface area contributed by atoms with E-state index in [4.69, 9.17) is 27.5 Å². The van der Waals surface area contributed by atoms with E-state index in [2.05, 4.69) is 134 Å². The molecule has 0 amide bonds. The minimum absolute atomic E-state index is 0.0156. The molecule has 0 aromatic rings. The zero-order valence-corrected chi connectivity index (χ0v) is 41.4. The SMILES string of the molecule is COC(=O)/C(C)=C/C(C)=C/[C@@H](C)[C@H](O[Si](C)(C)C(C)(C)C)[C@@H]1O[C@H]1[C@@H](C/C=C/C[C@H](OC(C)=O)[C@@H](C)CCO[Si](C)(C)C(C)(C)C)O[Si](C)(C)C(C)(C)C. The van der Waals surface area contributed by atoms with Crippen LogP contribution >= 0.6 is 0 Å². The summed E-state index contributed by atoms with van der Waals surface area (Å²) in [5.41, 5.74) is 1.53. The molecule has 0 N–H and O–H groups in total. The summed E-state index contributed by atoms with van der Waals surface area (Å²) in [4.78, 5) is 24.3. The number of carbonyl (C=O) groups excluding carboxylic acids is 2. The summed E-state index contributed by atoms with van der Waals surface area (Å²) in [6.07, 6.45) is 9.68. The Morgan fingerprint density at radius 2 is 1.24 bits per heavy atom. The monoisotopic (exact) mass is 811 g/mol. The Morgan fingerprint density at radius 3 is 1.72 bits per heavy atom. The highest BCUT2D eigenvalue weighted by Gasteiger charge is 2.55. The molecule has 0 radical (unpaired) electrons. The third-order valence-electron chi connectivity index (χ3n) is 12.4. The van der Waals surface area contributed by atoms with Gasteiger partial charge in [-0.25, -0.2) is 4.79 Å². The second-order valence-electron chi connectivity index (χ2n) is 20.4. The zero-order chi connectivity index (χ0) is 42.3. The molecule has 0 aromatic carbocycles. The lowest BCUT2D eigenvalue weighted by Crippen LogP contribution is -2.48. The van der Waals surface area contributed by atoms with Crippen molar-refractivity contribution in [2.75, 3.05) is 13.7 Å². The Morgan fingerprint density at radius 1 is 0.741 bits per heavy atom. The molecule has 1 fully saturated rings. The molecule has 54 heavy (non-hydrogen) atoms. The topological polar surface area (TPSA) is 92.8 Å². The quantitative estimate of drug-likeness (QED) is 0.0300. The van der Waals surface area contributed by atoms with Gasteiger partial charge >= 0.3 is 11.9 Å². The van der Waals surface area contributed by atoms with Gasteiger partial charge in [-0.05, 0) is 93.1 Å². The average molecular weight is 811 g/mol. The van der Waals surface area contributed by atoms with Crippen LogP contribution in [0.25, 0.3) is 0 Å². The van der Waals surface area contributed by atoms with E-state index in [0.717, 1.165) is 12.0 Å². The molecule has 0 saturated carbocycles. The van der Waals surface area contributed by atoms with Crippen LogP contribution in [0.5, 0.6) is 0 Å². The Kier molecular flexibility index (Phi) is 18.7. The molecule has 1 saturated heterocycles. The van der Waals surface area contributed by atoms with Crippen molar-refractivity contribution >= 4 is 36.9 Å². The number of carbonyl (C=O) groups is 2. The van der Waals surface area contributed by atoms with Crippen molar-refractivity contribution in [1.82, 2.24) is 0 Å². The van der Waals surface area contributed by atoms with Crippen LogP contribution in [0.3, 0.4) is 0 Å². The second kappa shape index (κ2) is 19.9. The summed E-state index contributed by atoms with van der Waals surface area (Å²) in [6, 6.07) is 0. The van der Waals surface area contributed by atoms with Crippen LogP contribution in [0.2, 0.25) is 54.4 Å². The van der Waals surface area contributed by atoms with Gasteiger partial charge in [-0.2, -0.15) is 0 Å². The Labute approximate surface area is 335 Å². The molecule has 0 bridgehead atoms. The van der Waals surface area contributed by atoms with Crippen LogP contribution in [-0.2, 0) is 37.1 Å². The number of epoxide rings is 1. The third kappa shape index (κ3) is 15.5. The van der Waals surface area contributed by atoms with Crippen LogP contribution in [0.15, 0.2) is 35.5 Å². The van der Waals surface area contributed by atoms with Gasteiger partial charge in [0.05, 0.1) is 19.3 Å². The van der Waals surface area contributed by atoms with Crippen LogP contribution in [0.4, 0.5) is 0 Å². The highest BCUT2D eigenvalue weighted by molar-refractivity contribution is 6.75. The predicted octanol–water partition coefficient (Wildman–Crippen LogP) is 11.6. The lowest BCUT2D eigenvalue weighted by Gasteiger charge is -2.41. The molecule has 1 aliphatic rings. The molecular weight excluding hydrogens is 729 g/mol. The summed E-state index contributed by atoms with van der Waals surface area (Å²) >= 11 is 0. The molecule has 1 rings (SSSR count). The van der Waals surface area contributed by atoms with Crippen molar-refractivity contribution in [3.8, 4) is 0 Å². The molecule has 314 valence electrons.